The molecule has 0 radical (unpaired) electrons. The van der Waals surface area contributed by atoms with Crippen LogP contribution in [0.3, 0.4) is 0 Å². The fourth-order valence-corrected chi connectivity index (χ4v) is 4.60. The summed E-state index contributed by atoms with van der Waals surface area (Å²) in [7, 11) is 3.17. The number of H-pyrrole nitrogens is 1. The van der Waals surface area contributed by atoms with Gasteiger partial charge >= 0.3 is 5.97 Å². The number of rotatable bonds is 8. The molecule has 0 aliphatic heterocycles. The summed E-state index contributed by atoms with van der Waals surface area (Å²) in [5.41, 5.74) is 4.10. The summed E-state index contributed by atoms with van der Waals surface area (Å²) >= 11 is 1.53. The Morgan fingerprint density at radius 3 is 2.51 bits per heavy atom. The monoisotopic (exact) mass is 488 g/mol. The standard InChI is InChI=1S/C25H20N4O5S/c1-32-18-8-7-16(9-20(18)33-2)19-10-17(11-35-24-21-23(27-12-26-21)28-13-29-24)22(34-19)14-3-5-15(6-4-14)25(30)31/h3-10,12-13H,11H2,1-2H3,(H,30,31)(H,26,27,28,29). The Balaban J connectivity index is 1.54. The zero-order chi connectivity index (χ0) is 24.4. The predicted molar refractivity (Wildman–Crippen MR) is 131 cm³/mol. The minimum absolute atomic E-state index is 0.207. The Labute approximate surface area is 204 Å². The number of carboxylic acid groups (broad SMARTS) is 1. The summed E-state index contributed by atoms with van der Waals surface area (Å²) in [6.07, 6.45) is 3.08. The molecule has 3 aromatic heterocycles. The van der Waals surface area contributed by atoms with Gasteiger partial charge in [-0.2, -0.15) is 0 Å². The minimum atomic E-state index is -0.981. The van der Waals surface area contributed by atoms with Gasteiger partial charge in [0.2, 0.25) is 0 Å². The SMILES string of the molecule is COc1ccc(-c2cc(CSc3ncnc4nc[nH]c34)c(-c3ccc(C(=O)O)cc3)o2)cc1OC. The first-order valence-corrected chi connectivity index (χ1v) is 11.5. The van der Waals surface area contributed by atoms with E-state index in [0.717, 1.165) is 27.2 Å². The molecule has 9 nitrogen and oxygen atoms in total. The Hall–Kier alpha value is -4.31. The van der Waals surface area contributed by atoms with Crippen LogP contribution in [0.2, 0.25) is 0 Å². The molecule has 0 saturated heterocycles. The van der Waals surface area contributed by atoms with E-state index < -0.39 is 5.97 Å². The van der Waals surface area contributed by atoms with Crippen molar-refractivity contribution >= 4 is 28.9 Å². The topological polar surface area (TPSA) is 123 Å². The highest BCUT2D eigenvalue weighted by molar-refractivity contribution is 7.98. The molecule has 5 rings (SSSR count). The van der Waals surface area contributed by atoms with Crippen molar-refractivity contribution in [1.29, 1.82) is 0 Å². The van der Waals surface area contributed by atoms with Gasteiger partial charge in [-0.15, -0.1) is 0 Å². The van der Waals surface area contributed by atoms with Gasteiger partial charge in [0, 0.05) is 22.4 Å². The predicted octanol–water partition coefficient (Wildman–Crippen LogP) is 5.29. The fourth-order valence-electron chi connectivity index (χ4n) is 3.67. The molecule has 2 aromatic carbocycles. The molecule has 0 amide bonds. The molecule has 0 unspecified atom stereocenters. The van der Waals surface area contributed by atoms with Crippen molar-refractivity contribution in [3.63, 3.8) is 0 Å². The van der Waals surface area contributed by atoms with Crippen molar-refractivity contribution in [2.24, 2.45) is 0 Å². The van der Waals surface area contributed by atoms with E-state index in [2.05, 4.69) is 19.9 Å². The maximum atomic E-state index is 11.3. The van der Waals surface area contributed by atoms with Gasteiger partial charge in [0.05, 0.1) is 26.1 Å². The molecule has 3 heterocycles. The van der Waals surface area contributed by atoms with Crippen molar-refractivity contribution in [3.8, 4) is 34.1 Å². The lowest BCUT2D eigenvalue weighted by Crippen LogP contribution is -1.95. The normalized spacial score (nSPS) is 11.0. The van der Waals surface area contributed by atoms with Crippen LogP contribution >= 0.6 is 11.8 Å². The molecule has 0 bridgehead atoms. The maximum absolute atomic E-state index is 11.3. The largest absolute Gasteiger partial charge is 0.493 e. The van der Waals surface area contributed by atoms with Crippen molar-refractivity contribution in [2.75, 3.05) is 14.2 Å². The Bertz CT molecular complexity index is 1510. The van der Waals surface area contributed by atoms with E-state index in [-0.39, 0.29) is 5.56 Å². The van der Waals surface area contributed by atoms with Crippen LogP contribution in [-0.2, 0) is 5.75 Å². The number of carbonyl (C=O) groups is 1. The maximum Gasteiger partial charge on any atom is 0.335 e. The first-order chi connectivity index (χ1) is 17.1. The molecular weight excluding hydrogens is 468 g/mol. The number of aromatic carboxylic acids is 1. The van der Waals surface area contributed by atoms with Gasteiger partial charge < -0.3 is 24.0 Å². The Morgan fingerprint density at radius 2 is 1.77 bits per heavy atom. The summed E-state index contributed by atoms with van der Waals surface area (Å²) in [5, 5.41) is 10.0. The molecule has 5 aromatic rings. The van der Waals surface area contributed by atoms with Crippen molar-refractivity contribution in [2.45, 2.75) is 10.8 Å². The lowest BCUT2D eigenvalue weighted by molar-refractivity contribution is 0.0697. The number of fused-ring (bicyclic) bond motifs is 1. The Kier molecular flexibility index (Phi) is 6.11. The molecule has 35 heavy (non-hydrogen) atoms. The van der Waals surface area contributed by atoms with E-state index in [1.807, 2.05) is 24.3 Å². The first kappa shape index (κ1) is 22.5. The average molecular weight is 489 g/mol. The number of aromatic nitrogens is 4. The number of imidazole rings is 1. The third kappa shape index (κ3) is 4.43. The second-order valence-electron chi connectivity index (χ2n) is 7.49. The van der Waals surface area contributed by atoms with Crippen LogP contribution in [0.15, 0.2) is 70.6 Å². The van der Waals surface area contributed by atoms with Gasteiger partial charge in [0.25, 0.3) is 0 Å². The van der Waals surface area contributed by atoms with E-state index >= 15 is 0 Å². The zero-order valence-electron chi connectivity index (χ0n) is 18.8. The van der Waals surface area contributed by atoms with Crippen molar-refractivity contribution < 1.29 is 23.8 Å². The number of furan rings is 1. The summed E-state index contributed by atoms with van der Waals surface area (Å²) < 4.78 is 17.1. The molecule has 176 valence electrons. The highest BCUT2D eigenvalue weighted by Crippen LogP contribution is 2.39. The summed E-state index contributed by atoms with van der Waals surface area (Å²) in [5.74, 6) is 2.08. The highest BCUT2D eigenvalue weighted by Gasteiger charge is 2.18. The first-order valence-electron chi connectivity index (χ1n) is 10.5. The number of hydrogen-bond donors (Lipinski definition) is 2. The van der Waals surface area contributed by atoms with Gasteiger partial charge in [-0.25, -0.2) is 19.7 Å². The molecule has 0 fully saturated rings. The van der Waals surface area contributed by atoms with Gasteiger partial charge in [-0.05, 0) is 36.4 Å². The molecule has 0 aliphatic carbocycles. The third-order valence-corrected chi connectivity index (χ3v) is 6.46. The van der Waals surface area contributed by atoms with Gasteiger partial charge in [-0.1, -0.05) is 23.9 Å². The lowest BCUT2D eigenvalue weighted by Gasteiger charge is -2.08. The number of nitrogens with one attached hydrogen (secondary N) is 1. The van der Waals surface area contributed by atoms with E-state index in [0.29, 0.717) is 34.4 Å². The van der Waals surface area contributed by atoms with E-state index in [9.17, 15) is 9.90 Å². The number of benzene rings is 2. The van der Waals surface area contributed by atoms with Crippen LogP contribution < -0.4 is 9.47 Å². The molecule has 2 N–H and O–H groups in total. The molecule has 0 aliphatic rings. The van der Waals surface area contributed by atoms with Crippen LogP contribution in [0.1, 0.15) is 15.9 Å². The van der Waals surface area contributed by atoms with Crippen LogP contribution in [0.4, 0.5) is 0 Å². The van der Waals surface area contributed by atoms with Gasteiger partial charge in [0.15, 0.2) is 17.1 Å². The van der Waals surface area contributed by atoms with Crippen LogP contribution in [0.5, 0.6) is 11.5 Å². The molecule has 0 atom stereocenters. The summed E-state index contributed by atoms with van der Waals surface area (Å²) in [6, 6.07) is 14.1. The Morgan fingerprint density at radius 1 is 1.00 bits per heavy atom. The van der Waals surface area contributed by atoms with Gasteiger partial charge in [0.1, 0.15) is 28.4 Å². The quantitative estimate of drug-likeness (QED) is 0.221. The third-order valence-electron chi connectivity index (χ3n) is 5.42. The summed E-state index contributed by atoms with van der Waals surface area (Å²) in [4.78, 5) is 27.1. The number of methoxy groups -OCH3 is 2. The number of carboxylic acids is 1. The smallest absolute Gasteiger partial charge is 0.335 e. The number of thioether (sulfide) groups is 1. The molecular formula is C25H20N4O5S. The number of hydrogen-bond acceptors (Lipinski definition) is 8. The zero-order valence-corrected chi connectivity index (χ0v) is 19.6. The van der Waals surface area contributed by atoms with Crippen LogP contribution in [0.25, 0.3) is 33.8 Å². The second-order valence-corrected chi connectivity index (χ2v) is 8.45. The lowest BCUT2D eigenvalue weighted by atomic mass is 10.1. The summed E-state index contributed by atoms with van der Waals surface area (Å²) in [6.45, 7) is 0. The number of ether oxygens (including phenoxy) is 2. The van der Waals surface area contributed by atoms with Crippen molar-refractivity contribution in [1.82, 2.24) is 19.9 Å². The fraction of sp³-hybridized carbons (Fsp3) is 0.120. The van der Waals surface area contributed by atoms with E-state index in [1.165, 1.54) is 18.1 Å². The van der Waals surface area contributed by atoms with Gasteiger partial charge in [-0.3, -0.25) is 0 Å². The molecule has 10 heteroatoms. The molecule has 0 spiro atoms. The van der Waals surface area contributed by atoms with Crippen LogP contribution in [-0.4, -0.2) is 45.2 Å². The van der Waals surface area contributed by atoms with Crippen molar-refractivity contribution in [3.05, 3.63) is 72.3 Å². The number of aromatic amines is 1. The second kappa shape index (κ2) is 9.51. The average Bonchev–Trinajstić information content (AvgIpc) is 3.55. The molecule has 0 saturated carbocycles. The number of nitrogens with zero attached hydrogens (tertiary/aromatic N) is 3. The van der Waals surface area contributed by atoms with Crippen LogP contribution in [0, 0.1) is 0 Å². The highest BCUT2D eigenvalue weighted by atomic mass is 32.2. The van der Waals surface area contributed by atoms with E-state index in [1.54, 1.807) is 44.8 Å². The van der Waals surface area contributed by atoms with E-state index in [4.69, 9.17) is 13.9 Å². The minimum Gasteiger partial charge on any atom is -0.493 e.